The molecule has 0 spiro atoms. The molecule has 0 saturated heterocycles. The quantitative estimate of drug-likeness (QED) is 0.0925. The molecule has 258 valence electrons. The smallest absolute Gasteiger partial charge is 0.281 e. The van der Waals surface area contributed by atoms with Crippen LogP contribution in [0.1, 0.15) is 33.4 Å². The zero-order chi connectivity index (χ0) is 36.1. The summed E-state index contributed by atoms with van der Waals surface area (Å²) in [6, 6.07) is 65.4. The molecule has 3 nitrogen and oxygen atoms in total. The molecule has 0 atom stereocenters. The zero-order valence-corrected chi connectivity index (χ0v) is 31.4. The fourth-order valence-corrected chi connectivity index (χ4v) is 10.4. The first-order chi connectivity index (χ1) is 24.8. The number of hydrogen-bond acceptors (Lipinski definition) is 3. The summed E-state index contributed by atoms with van der Waals surface area (Å²) in [4.78, 5) is 22.5. The fourth-order valence-electron chi connectivity index (χ4n) is 5.39. The Bertz CT molecular complexity index is 1320. The van der Waals surface area contributed by atoms with E-state index in [9.17, 15) is 0 Å². The number of benzene rings is 6. The topological polar surface area (TPSA) is 51.2 Å². The summed E-state index contributed by atoms with van der Waals surface area (Å²) in [5.41, 5.74) is 8.75. The Hall–Kier alpha value is -4.29. The maximum absolute atomic E-state index is 7.50. The minimum Gasteiger partial charge on any atom is -0.281 e. The molecular weight excluding hydrogens is 706 g/mol. The minimum absolute atomic E-state index is 0. The maximum atomic E-state index is 7.50. The number of hydrogen-bond donors (Lipinski definition) is 0. The molecule has 0 aliphatic carbocycles. The summed E-state index contributed by atoms with van der Waals surface area (Å²) >= 11 is 0. The Morgan fingerprint density at radius 3 is 0.490 bits per heavy atom. The van der Waals surface area contributed by atoms with E-state index in [2.05, 4.69) is 202 Å². The van der Waals surface area contributed by atoms with Gasteiger partial charge in [-0.2, -0.15) is 0 Å². The van der Waals surface area contributed by atoms with Crippen LogP contribution in [-0.2, 0) is 68.4 Å². The van der Waals surface area contributed by atoms with Crippen molar-refractivity contribution in [3.8, 4) is 0 Å². The molecule has 0 aliphatic heterocycles. The van der Waals surface area contributed by atoms with Crippen LogP contribution in [0.2, 0.25) is 0 Å². The Morgan fingerprint density at radius 1 is 0.255 bits per heavy atom. The fraction of sp³-hybridized carbons (Fsp3) is 0.133. The normalized spacial score (nSPS) is 9.53. The van der Waals surface area contributed by atoms with Gasteiger partial charge in [-0.05, 0) is 70.4 Å². The summed E-state index contributed by atoms with van der Waals surface area (Å²) in [7, 11) is -0.179. The van der Waals surface area contributed by atoms with E-state index in [0.717, 1.165) is 0 Å². The van der Waals surface area contributed by atoms with Crippen molar-refractivity contribution in [3.63, 3.8) is 0 Å². The van der Waals surface area contributed by atoms with E-state index < -0.39 is 0 Å². The first kappa shape index (κ1) is 44.7. The molecule has 0 heterocycles. The van der Waals surface area contributed by atoms with E-state index >= 15 is 0 Å². The Kier molecular flexibility index (Phi) is 25.8. The van der Waals surface area contributed by atoms with Crippen molar-refractivity contribution < 1.29 is 31.5 Å². The van der Waals surface area contributed by atoms with Crippen molar-refractivity contribution in [2.45, 2.75) is 37.0 Å². The number of carbonyl (C=O) groups excluding carboxylic acids is 3. The zero-order valence-electron chi connectivity index (χ0n) is 28.5. The van der Waals surface area contributed by atoms with Gasteiger partial charge in [0.05, 0.1) is 0 Å². The monoisotopic (exact) mass is 748 g/mol. The molecule has 6 aromatic carbocycles. The third-order valence-corrected chi connectivity index (χ3v) is 12.4. The molecule has 6 rings (SSSR count). The molecule has 6 heteroatoms. The van der Waals surface area contributed by atoms with Crippen molar-refractivity contribution in [2.75, 3.05) is 0 Å². The van der Waals surface area contributed by atoms with Gasteiger partial charge in [-0.1, -0.05) is 198 Å². The Labute approximate surface area is 318 Å². The van der Waals surface area contributed by atoms with E-state index in [1.54, 1.807) is 0 Å². The van der Waals surface area contributed by atoms with Crippen LogP contribution < -0.4 is 0 Å². The summed E-state index contributed by atoms with van der Waals surface area (Å²) in [6.07, 6.45) is 7.17. The van der Waals surface area contributed by atoms with Gasteiger partial charge in [0.1, 0.15) is 0 Å². The second-order valence-corrected chi connectivity index (χ2v) is 15.8. The second-order valence-electron chi connectivity index (χ2n) is 11.2. The Morgan fingerprint density at radius 2 is 0.373 bits per heavy atom. The standard InChI is InChI=1S/2C21H21P.3CO.Fe/c2*1-4-10-19(11-5-1)16-22(17-20-12-6-2-7-13-20)18-21-14-8-3-9-15-21;3*1-2;/h2*1-15H,16-18H2;;;;. The molecule has 0 bridgehead atoms. The van der Waals surface area contributed by atoms with Crippen molar-refractivity contribution in [2.24, 2.45) is 0 Å². The molecule has 0 amide bonds. The van der Waals surface area contributed by atoms with E-state index in [4.69, 9.17) is 14.4 Å². The third-order valence-electron chi connectivity index (χ3n) is 7.49. The Balaban J connectivity index is 0.000000438. The molecule has 0 saturated carbocycles. The van der Waals surface area contributed by atoms with Gasteiger partial charge in [-0.15, -0.1) is 0 Å². The van der Waals surface area contributed by atoms with Crippen LogP contribution >= 0.6 is 15.8 Å². The molecule has 0 aliphatic rings. The van der Waals surface area contributed by atoms with Crippen LogP contribution in [0.3, 0.4) is 0 Å². The first-order valence-electron chi connectivity index (χ1n) is 16.1. The van der Waals surface area contributed by atoms with Crippen LogP contribution in [0, 0.1) is 0 Å². The van der Waals surface area contributed by atoms with E-state index in [0.29, 0.717) is 0 Å². The molecular formula is C45H42FeO3P2. The largest absolute Gasteiger partial charge is 0.281 e. The van der Waals surface area contributed by atoms with E-state index in [-0.39, 0.29) is 32.9 Å². The summed E-state index contributed by atoms with van der Waals surface area (Å²) in [5, 5.41) is 0. The average Bonchev–Trinajstić information content (AvgIpc) is 3.20. The van der Waals surface area contributed by atoms with Gasteiger partial charge in [0.25, 0.3) is 20.4 Å². The van der Waals surface area contributed by atoms with Crippen LogP contribution in [-0.4, -0.2) is 20.4 Å². The second kappa shape index (κ2) is 29.4. The number of rotatable bonds is 12. The molecule has 0 fully saturated rings. The van der Waals surface area contributed by atoms with Crippen molar-refractivity contribution >= 4 is 36.2 Å². The van der Waals surface area contributed by atoms with Gasteiger partial charge >= 0.3 is 0 Å². The summed E-state index contributed by atoms with van der Waals surface area (Å²) in [5.74, 6) is 0. The van der Waals surface area contributed by atoms with E-state index in [1.165, 1.54) is 70.4 Å². The molecule has 6 radical (unpaired) electrons. The predicted octanol–water partition coefficient (Wildman–Crippen LogP) is 10.9. The minimum atomic E-state index is -0.0895. The molecule has 0 aromatic heterocycles. The van der Waals surface area contributed by atoms with Crippen LogP contribution in [0.5, 0.6) is 0 Å². The van der Waals surface area contributed by atoms with Crippen LogP contribution in [0.4, 0.5) is 0 Å². The first-order valence-corrected chi connectivity index (χ1v) is 19.9. The van der Waals surface area contributed by atoms with Gasteiger partial charge < -0.3 is 0 Å². The van der Waals surface area contributed by atoms with Crippen LogP contribution in [0.15, 0.2) is 182 Å². The molecule has 0 unspecified atom stereocenters. The van der Waals surface area contributed by atoms with Gasteiger partial charge in [-0.3, -0.25) is 14.4 Å². The van der Waals surface area contributed by atoms with Crippen molar-refractivity contribution in [1.82, 2.24) is 0 Å². The predicted molar refractivity (Wildman–Crippen MR) is 212 cm³/mol. The van der Waals surface area contributed by atoms with Crippen molar-refractivity contribution in [3.05, 3.63) is 215 Å². The van der Waals surface area contributed by atoms with Gasteiger partial charge in [-0.25, -0.2) is 0 Å². The van der Waals surface area contributed by atoms with Crippen LogP contribution in [0.25, 0.3) is 0 Å². The van der Waals surface area contributed by atoms with Gasteiger partial charge in [0, 0.05) is 17.1 Å². The van der Waals surface area contributed by atoms with E-state index in [1.807, 2.05) is 0 Å². The molecule has 0 N–H and O–H groups in total. The molecule has 51 heavy (non-hydrogen) atoms. The maximum Gasteiger partial charge on any atom is 0.281 e. The van der Waals surface area contributed by atoms with Gasteiger partial charge in [0.15, 0.2) is 0 Å². The summed E-state index contributed by atoms with van der Waals surface area (Å²) in [6.45, 7) is 13.5. The van der Waals surface area contributed by atoms with Gasteiger partial charge in [0.2, 0.25) is 0 Å². The average molecular weight is 749 g/mol. The summed E-state index contributed by atoms with van der Waals surface area (Å²) < 4.78 is 0. The molecule has 6 aromatic rings. The SMILES string of the molecule is [C]=O.[C]=O.[C]=O.[Fe].c1ccc(CP(Cc2ccccc2)Cc2ccccc2)cc1.c1ccc(CP(Cc2ccccc2)Cc2ccccc2)cc1. The van der Waals surface area contributed by atoms with Crippen molar-refractivity contribution in [1.29, 1.82) is 0 Å². The third kappa shape index (κ3) is 19.0.